The number of rotatable bonds is 5. The number of thiazole rings is 1. The van der Waals surface area contributed by atoms with Gasteiger partial charge in [0.2, 0.25) is 17.7 Å². The molecular formula is C26H18BrN3O5S2. The lowest BCUT2D eigenvalue weighted by Crippen LogP contribution is -2.32. The first-order valence-electron chi connectivity index (χ1n) is 11.3. The molecule has 2 aromatic carbocycles. The molecule has 3 amide bonds. The first-order chi connectivity index (χ1) is 17.9. The second kappa shape index (κ2) is 9.47. The maximum atomic E-state index is 13.7. The van der Waals surface area contributed by atoms with Crippen LogP contribution in [0.3, 0.4) is 0 Å². The summed E-state index contributed by atoms with van der Waals surface area (Å²) in [5.74, 6) is -1.93. The van der Waals surface area contributed by atoms with Gasteiger partial charge in [-0.25, -0.2) is 4.90 Å². The number of carbonyl (C=O) groups is 3. The van der Waals surface area contributed by atoms with E-state index in [9.17, 15) is 19.2 Å². The molecular weight excluding hydrogens is 578 g/mol. The van der Waals surface area contributed by atoms with Crippen LogP contribution in [0.2, 0.25) is 0 Å². The van der Waals surface area contributed by atoms with Crippen molar-refractivity contribution in [3.05, 3.63) is 97.8 Å². The van der Waals surface area contributed by atoms with Gasteiger partial charge in [0.1, 0.15) is 17.6 Å². The lowest BCUT2D eigenvalue weighted by atomic mass is 9.87. The minimum atomic E-state index is -0.767. The number of fused-ring (bicyclic) bond motifs is 2. The van der Waals surface area contributed by atoms with Crippen LogP contribution in [0.1, 0.15) is 16.6 Å². The van der Waals surface area contributed by atoms with Gasteiger partial charge in [-0.15, -0.1) is 0 Å². The number of furan rings is 1. The topological polar surface area (TPSA) is 102 Å². The summed E-state index contributed by atoms with van der Waals surface area (Å²) in [6.45, 7) is -0.215. The van der Waals surface area contributed by atoms with Crippen molar-refractivity contribution in [2.75, 3.05) is 10.2 Å². The Hall–Kier alpha value is -3.41. The lowest BCUT2D eigenvalue weighted by Gasteiger charge is -2.29. The van der Waals surface area contributed by atoms with E-state index in [2.05, 4.69) is 21.2 Å². The zero-order valence-electron chi connectivity index (χ0n) is 19.0. The average Bonchev–Trinajstić information content (AvgIpc) is 3.58. The molecule has 0 aliphatic carbocycles. The Balaban J connectivity index is 1.39. The molecule has 3 atom stereocenters. The Labute approximate surface area is 227 Å². The Kier molecular flexibility index (Phi) is 6.13. The van der Waals surface area contributed by atoms with E-state index in [1.165, 1.54) is 27.5 Å². The van der Waals surface area contributed by atoms with E-state index in [1.807, 2.05) is 6.07 Å². The number of nitrogens with zero attached hydrogens (tertiary/aromatic N) is 2. The Morgan fingerprint density at radius 3 is 2.43 bits per heavy atom. The number of hydrogen-bond acceptors (Lipinski definition) is 7. The van der Waals surface area contributed by atoms with Gasteiger partial charge in [0.05, 0.1) is 33.7 Å². The van der Waals surface area contributed by atoms with Gasteiger partial charge in [0.25, 0.3) is 0 Å². The molecule has 4 heterocycles. The maximum Gasteiger partial charge on any atom is 0.308 e. The number of benzene rings is 2. The predicted octanol–water partition coefficient (Wildman–Crippen LogP) is 4.70. The first kappa shape index (κ1) is 24.0. The molecule has 4 aromatic rings. The molecule has 2 aliphatic heterocycles. The number of imide groups is 1. The van der Waals surface area contributed by atoms with Crippen molar-refractivity contribution in [2.24, 2.45) is 5.92 Å². The van der Waals surface area contributed by atoms with Crippen LogP contribution >= 0.6 is 39.0 Å². The fourth-order valence-corrected chi connectivity index (χ4v) is 7.76. The quantitative estimate of drug-likeness (QED) is 0.336. The van der Waals surface area contributed by atoms with Gasteiger partial charge in [0.15, 0.2) is 0 Å². The van der Waals surface area contributed by atoms with Crippen molar-refractivity contribution >= 4 is 68.1 Å². The number of nitrogens with one attached hydrogen (secondary N) is 1. The molecule has 0 bridgehead atoms. The van der Waals surface area contributed by atoms with E-state index in [1.54, 1.807) is 60.7 Å². The minimum Gasteiger partial charge on any atom is -0.469 e. The molecule has 11 heteroatoms. The summed E-state index contributed by atoms with van der Waals surface area (Å²) in [5.41, 5.74) is 1.10. The third kappa shape index (κ3) is 4.16. The smallest absolute Gasteiger partial charge is 0.308 e. The molecule has 2 aliphatic rings. The van der Waals surface area contributed by atoms with Gasteiger partial charge in [0, 0.05) is 10.2 Å². The molecule has 3 unspecified atom stereocenters. The normalized spacial score (nSPS) is 20.6. The second-order valence-electron chi connectivity index (χ2n) is 8.58. The van der Waals surface area contributed by atoms with Crippen molar-refractivity contribution in [1.29, 1.82) is 0 Å². The van der Waals surface area contributed by atoms with Crippen molar-refractivity contribution in [3.8, 4) is 0 Å². The molecule has 0 saturated carbocycles. The average molecular weight is 596 g/mol. The molecule has 1 N–H and O–H groups in total. The van der Waals surface area contributed by atoms with Crippen LogP contribution in [-0.2, 0) is 20.9 Å². The summed E-state index contributed by atoms with van der Waals surface area (Å²) < 4.78 is 7.92. The van der Waals surface area contributed by atoms with Crippen LogP contribution in [0.15, 0.2) is 91.7 Å². The standard InChI is InChI=1S/C26H18BrN3O5S2/c27-14-8-10-16(11-9-14)30-23(32)20-19(17-7-4-12-35-17)22-25(36-21(20)24(30)33)29(26(34)37-22)13-18(31)28-15-5-2-1-3-6-15/h1-12,19-21H,13H2,(H,28,31). The van der Waals surface area contributed by atoms with E-state index < -0.39 is 17.1 Å². The summed E-state index contributed by atoms with van der Waals surface area (Å²) in [4.78, 5) is 54.7. The number of thioether (sulfide) groups is 1. The van der Waals surface area contributed by atoms with Gasteiger partial charge >= 0.3 is 4.87 Å². The van der Waals surface area contributed by atoms with E-state index in [0.717, 1.165) is 15.8 Å². The third-order valence-electron chi connectivity index (χ3n) is 6.34. The van der Waals surface area contributed by atoms with Crippen molar-refractivity contribution < 1.29 is 18.8 Å². The van der Waals surface area contributed by atoms with Crippen molar-refractivity contribution in [3.63, 3.8) is 0 Å². The Morgan fingerprint density at radius 2 is 1.73 bits per heavy atom. The monoisotopic (exact) mass is 595 g/mol. The van der Waals surface area contributed by atoms with E-state index in [4.69, 9.17) is 4.42 Å². The van der Waals surface area contributed by atoms with Gasteiger partial charge in [-0.1, -0.05) is 57.2 Å². The molecule has 186 valence electrons. The molecule has 1 fully saturated rings. The summed E-state index contributed by atoms with van der Waals surface area (Å²) in [6, 6.07) is 19.4. The summed E-state index contributed by atoms with van der Waals surface area (Å²) in [5, 5.41) is 2.54. The molecule has 0 radical (unpaired) electrons. The number of hydrogen-bond donors (Lipinski definition) is 1. The fraction of sp³-hybridized carbons (Fsp3) is 0.154. The lowest BCUT2D eigenvalue weighted by molar-refractivity contribution is -0.122. The van der Waals surface area contributed by atoms with Crippen LogP contribution in [0, 0.1) is 5.92 Å². The molecule has 1 saturated heterocycles. The molecule has 2 aromatic heterocycles. The van der Waals surface area contributed by atoms with Crippen LogP contribution in [0.4, 0.5) is 11.4 Å². The second-order valence-corrected chi connectivity index (χ2v) is 11.6. The SMILES string of the molecule is O=C(Cn1c2c(sc1=O)C(c1ccco1)C1C(=O)N(c3ccc(Br)cc3)C(=O)C1S2)Nc1ccccc1. The van der Waals surface area contributed by atoms with Crippen LogP contribution in [-0.4, -0.2) is 27.5 Å². The highest BCUT2D eigenvalue weighted by Gasteiger charge is 2.57. The Morgan fingerprint density at radius 1 is 0.973 bits per heavy atom. The number of para-hydroxylation sites is 1. The highest BCUT2D eigenvalue weighted by molar-refractivity contribution is 9.10. The number of amides is 3. The first-order valence-corrected chi connectivity index (χ1v) is 13.8. The summed E-state index contributed by atoms with van der Waals surface area (Å²) in [7, 11) is 0. The van der Waals surface area contributed by atoms with E-state index >= 15 is 0 Å². The zero-order chi connectivity index (χ0) is 25.7. The minimum absolute atomic E-state index is 0.215. The van der Waals surface area contributed by atoms with E-state index in [0.29, 0.717) is 27.0 Å². The predicted molar refractivity (Wildman–Crippen MR) is 144 cm³/mol. The molecule has 0 spiro atoms. The maximum absolute atomic E-state index is 13.7. The number of halogens is 1. The largest absolute Gasteiger partial charge is 0.469 e. The molecule has 8 nitrogen and oxygen atoms in total. The van der Waals surface area contributed by atoms with Crippen LogP contribution in [0.5, 0.6) is 0 Å². The van der Waals surface area contributed by atoms with Gasteiger partial charge in [-0.3, -0.25) is 23.7 Å². The summed E-state index contributed by atoms with van der Waals surface area (Å²) in [6.07, 6.45) is 1.51. The zero-order valence-corrected chi connectivity index (χ0v) is 22.2. The van der Waals surface area contributed by atoms with Crippen LogP contribution < -0.4 is 15.1 Å². The Bertz CT molecular complexity index is 1560. The molecule has 37 heavy (non-hydrogen) atoms. The summed E-state index contributed by atoms with van der Waals surface area (Å²) >= 11 is 5.53. The van der Waals surface area contributed by atoms with Crippen LogP contribution in [0.25, 0.3) is 0 Å². The fourth-order valence-electron chi connectivity index (χ4n) is 4.74. The number of carbonyl (C=O) groups excluding carboxylic acids is 3. The highest BCUT2D eigenvalue weighted by Crippen LogP contribution is 2.53. The highest BCUT2D eigenvalue weighted by atomic mass is 79.9. The van der Waals surface area contributed by atoms with Gasteiger partial charge in [-0.2, -0.15) is 0 Å². The molecule has 6 rings (SSSR count). The van der Waals surface area contributed by atoms with Crippen molar-refractivity contribution in [2.45, 2.75) is 22.7 Å². The number of anilines is 2. The van der Waals surface area contributed by atoms with Gasteiger partial charge < -0.3 is 9.73 Å². The van der Waals surface area contributed by atoms with E-state index in [-0.39, 0.29) is 29.1 Å². The van der Waals surface area contributed by atoms with Crippen molar-refractivity contribution in [1.82, 2.24) is 4.57 Å². The van der Waals surface area contributed by atoms with Gasteiger partial charge in [-0.05, 0) is 48.5 Å². The number of aromatic nitrogens is 1. The third-order valence-corrected chi connectivity index (χ3v) is 9.48.